The number of hydrogen-bond acceptors (Lipinski definition) is 6. The van der Waals surface area contributed by atoms with Crippen LogP contribution in [-0.2, 0) is 17.9 Å². The number of carbonyl (C=O) groups is 1. The van der Waals surface area contributed by atoms with Crippen molar-refractivity contribution in [3.63, 3.8) is 0 Å². The molecule has 1 amide bonds. The quantitative estimate of drug-likeness (QED) is 0.462. The normalized spacial score (nSPS) is 15.0. The summed E-state index contributed by atoms with van der Waals surface area (Å²) in [5.41, 5.74) is 8.54. The molecule has 10 heteroatoms. The van der Waals surface area contributed by atoms with Gasteiger partial charge in [0.1, 0.15) is 12.1 Å². The van der Waals surface area contributed by atoms with Crippen molar-refractivity contribution in [1.82, 2.24) is 24.8 Å². The van der Waals surface area contributed by atoms with Gasteiger partial charge >= 0.3 is 0 Å². The molecule has 0 bridgehead atoms. The van der Waals surface area contributed by atoms with Crippen LogP contribution in [0.2, 0.25) is 10.0 Å². The Morgan fingerprint density at radius 3 is 2.67 bits per heavy atom. The fourth-order valence-corrected chi connectivity index (χ4v) is 4.69. The van der Waals surface area contributed by atoms with Gasteiger partial charge in [-0.3, -0.25) is 14.5 Å². The fourth-order valence-electron chi connectivity index (χ4n) is 4.14. The Hall–Kier alpha value is -3.20. The highest BCUT2D eigenvalue weighted by molar-refractivity contribution is 6.38. The van der Waals surface area contributed by atoms with E-state index >= 15 is 0 Å². The number of aromatic amines is 1. The summed E-state index contributed by atoms with van der Waals surface area (Å²) in [7, 11) is 0. The molecule has 8 nitrogen and oxygen atoms in total. The molecule has 4 aromatic rings. The van der Waals surface area contributed by atoms with E-state index in [2.05, 4.69) is 15.0 Å². The van der Waals surface area contributed by atoms with Crippen LogP contribution in [0.25, 0.3) is 21.8 Å². The first-order valence-corrected chi connectivity index (χ1v) is 11.1. The standard InChI is InChI=1S/C23H20Cl2N6O2/c24-15-7-18(25)17-6-14(23(33)29-20(17)8-15)10-30-3-4-31(21(32)11-30)9-13-1-2-16-19(5-13)27-12-28-22(16)26/h1-2,5-8,12H,3-4,9-11H2,(H,29,33)(H2,26,27,28). The third kappa shape index (κ3) is 4.37. The number of pyridine rings is 1. The number of H-pyrrole nitrogens is 1. The molecule has 0 atom stereocenters. The molecule has 0 spiro atoms. The maximum absolute atomic E-state index is 12.8. The van der Waals surface area contributed by atoms with Crippen LogP contribution in [0.5, 0.6) is 0 Å². The lowest BCUT2D eigenvalue weighted by atomic mass is 10.1. The summed E-state index contributed by atoms with van der Waals surface area (Å²) >= 11 is 12.3. The molecule has 1 aliphatic rings. The SMILES string of the molecule is Nc1ncnc2cc(CN3CCN(Cc4cc5c(Cl)cc(Cl)cc5[nH]c4=O)CC3=O)ccc12. The smallest absolute Gasteiger partial charge is 0.252 e. The first-order chi connectivity index (χ1) is 15.9. The van der Waals surface area contributed by atoms with Crippen LogP contribution in [0.15, 0.2) is 47.5 Å². The molecule has 0 unspecified atom stereocenters. The summed E-state index contributed by atoms with van der Waals surface area (Å²) in [4.78, 5) is 40.3. The van der Waals surface area contributed by atoms with Gasteiger partial charge in [0.25, 0.3) is 5.56 Å². The number of fused-ring (bicyclic) bond motifs is 2. The Bertz CT molecular complexity index is 1450. The molecular weight excluding hydrogens is 463 g/mol. The molecule has 2 aromatic carbocycles. The lowest BCUT2D eigenvalue weighted by Gasteiger charge is -2.34. The first-order valence-electron chi connectivity index (χ1n) is 10.4. The van der Waals surface area contributed by atoms with Gasteiger partial charge in [0, 0.05) is 47.5 Å². The average Bonchev–Trinajstić information content (AvgIpc) is 2.77. The number of amides is 1. The molecule has 1 fully saturated rings. The van der Waals surface area contributed by atoms with Crippen molar-refractivity contribution in [2.75, 3.05) is 25.4 Å². The number of piperazine rings is 1. The van der Waals surface area contributed by atoms with Crippen LogP contribution >= 0.6 is 23.2 Å². The van der Waals surface area contributed by atoms with Crippen molar-refractivity contribution in [2.45, 2.75) is 13.1 Å². The molecule has 3 N–H and O–H groups in total. The van der Waals surface area contributed by atoms with Gasteiger partial charge in [0.15, 0.2) is 0 Å². The van der Waals surface area contributed by atoms with Crippen molar-refractivity contribution in [3.8, 4) is 0 Å². The topological polar surface area (TPSA) is 108 Å². The van der Waals surface area contributed by atoms with Gasteiger partial charge in [-0.1, -0.05) is 29.3 Å². The largest absolute Gasteiger partial charge is 0.383 e. The van der Waals surface area contributed by atoms with Gasteiger partial charge in [-0.2, -0.15) is 0 Å². The molecule has 5 rings (SSSR count). The van der Waals surface area contributed by atoms with Crippen LogP contribution in [0.4, 0.5) is 5.82 Å². The number of nitrogens with two attached hydrogens (primary N) is 1. The minimum atomic E-state index is -0.215. The van der Waals surface area contributed by atoms with Gasteiger partial charge in [-0.25, -0.2) is 9.97 Å². The van der Waals surface area contributed by atoms with E-state index in [1.165, 1.54) is 6.33 Å². The van der Waals surface area contributed by atoms with Crippen LogP contribution < -0.4 is 11.3 Å². The molecule has 1 saturated heterocycles. The molecule has 33 heavy (non-hydrogen) atoms. The maximum atomic E-state index is 12.8. The van der Waals surface area contributed by atoms with Crippen molar-refractivity contribution < 1.29 is 4.79 Å². The van der Waals surface area contributed by atoms with Crippen LogP contribution in [0.1, 0.15) is 11.1 Å². The highest BCUT2D eigenvalue weighted by Gasteiger charge is 2.25. The Kier molecular flexibility index (Phi) is 5.65. The zero-order valence-corrected chi connectivity index (χ0v) is 19.0. The first kappa shape index (κ1) is 21.6. The fraction of sp³-hybridized carbons (Fsp3) is 0.217. The lowest BCUT2D eigenvalue weighted by molar-refractivity contribution is -0.136. The summed E-state index contributed by atoms with van der Waals surface area (Å²) in [6, 6.07) is 10.8. The van der Waals surface area contributed by atoms with E-state index in [9.17, 15) is 9.59 Å². The predicted octanol–water partition coefficient (Wildman–Crippen LogP) is 3.20. The number of carbonyl (C=O) groups excluding carboxylic acids is 1. The van der Waals surface area contributed by atoms with E-state index in [4.69, 9.17) is 28.9 Å². The van der Waals surface area contributed by atoms with Gasteiger partial charge < -0.3 is 15.6 Å². The second-order valence-corrected chi connectivity index (χ2v) is 8.95. The Labute approximate surface area is 198 Å². The van der Waals surface area contributed by atoms with E-state index in [0.717, 1.165) is 21.9 Å². The van der Waals surface area contributed by atoms with Crippen molar-refractivity contribution in [2.24, 2.45) is 0 Å². The van der Waals surface area contributed by atoms with Gasteiger partial charge in [0.05, 0.1) is 22.6 Å². The van der Waals surface area contributed by atoms with Crippen molar-refractivity contribution in [1.29, 1.82) is 0 Å². The van der Waals surface area contributed by atoms with Crippen LogP contribution in [-0.4, -0.2) is 50.3 Å². The summed E-state index contributed by atoms with van der Waals surface area (Å²) < 4.78 is 0. The Morgan fingerprint density at radius 2 is 1.85 bits per heavy atom. The number of benzene rings is 2. The van der Waals surface area contributed by atoms with Crippen molar-refractivity contribution in [3.05, 3.63) is 74.3 Å². The van der Waals surface area contributed by atoms with Gasteiger partial charge in [-0.15, -0.1) is 0 Å². The number of halogens is 2. The number of anilines is 1. The second-order valence-electron chi connectivity index (χ2n) is 8.11. The van der Waals surface area contributed by atoms with Gasteiger partial charge in [-0.05, 0) is 35.9 Å². The summed E-state index contributed by atoms with van der Waals surface area (Å²) in [5.74, 6) is 0.440. The van der Waals surface area contributed by atoms with Crippen LogP contribution in [0.3, 0.4) is 0 Å². The minimum absolute atomic E-state index is 0.00517. The molecule has 168 valence electrons. The molecule has 0 aliphatic carbocycles. The Balaban J connectivity index is 1.29. The molecule has 0 radical (unpaired) electrons. The van der Waals surface area contributed by atoms with E-state index in [-0.39, 0.29) is 18.0 Å². The number of rotatable bonds is 4. The van der Waals surface area contributed by atoms with E-state index in [1.54, 1.807) is 18.2 Å². The number of nitrogens with one attached hydrogen (secondary N) is 1. The number of aromatic nitrogens is 3. The molecular formula is C23H20Cl2N6O2. The summed E-state index contributed by atoms with van der Waals surface area (Å²) in [5, 5.41) is 2.44. The third-order valence-corrected chi connectivity index (χ3v) is 6.38. The maximum Gasteiger partial charge on any atom is 0.252 e. The predicted molar refractivity (Wildman–Crippen MR) is 129 cm³/mol. The highest BCUT2D eigenvalue weighted by atomic mass is 35.5. The second kappa shape index (κ2) is 8.62. The zero-order chi connectivity index (χ0) is 23.1. The van der Waals surface area contributed by atoms with Crippen LogP contribution in [0, 0.1) is 0 Å². The average molecular weight is 483 g/mol. The minimum Gasteiger partial charge on any atom is -0.383 e. The molecule has 1 aliphatic heterocycles. The van der Waals surface area contributed by atoms with Gasteiger partial charge in [0.2, 0.25) is 5.91 Å². The third-order valence-electron chi connectivity index (χ3n) is 5.85. The number of nitrogens with zero attached hydrogens (tertiary/aromatic N) is 4. The van der Waals surface area contributed by atoms with E-state index in [0.29, 0.717) is 53.1 Å². The zero-order valence-electron chi connectivity index (χ0n) is 17.5. The van der Waals surface area contributed by atoms with Crippen molar-refractivity contribution >= 4 is 56.7 Å². The summed E-state index contributed by atoms with van der Waals surface area (Å²) in [6.07, 6.45) is 1.43. The van der Waals surface area contributed by atoms with E-state index < -0.39 is 0 Å². The Morgan fingerprint density at radius 1 is 1.00 bits per heavy atom. The molecule has 2 aromatic heterocycles. The number of hydrogen-bond donors (Lipinski definition) is 2. The summed E-state index contributed by atoms with van der Waals surface area (Å²) in [6.45, 7) is 2.29. The molecule has 3 heterocycles. The number of nitrogen functional groups attached to an aromatic ring is 1. The van der Waals surface area contributed by atoms with E-state index in [1.807, 2.05) is 28.0 Å². The monoisotopic (exact) mass is 482 g/mol. The highest BCUT2D eigenvalue weighted by Crippen LogP contribution is 2.27. The molecule has 0 saturated carbocycles. The lowest BCUT2D eigenvalue weighted by Crippen LogP contribution is -2.49.